The number of carbonyl (C=O) groups excluding carboxylic acids is 1. The smallest absolute Gasteiger partial charge is 0.264 e. The Balaban J connectivity index is 1.89. The highest BCUT2D eigenvalue weighted by Crippen LogP contribution is 2.38. The second-order valence-electron chi connectivity index (χ2n) is 6.07. The van der Waals surface area contributed by atoms with Crippen molar-refractivity contribution < 1.29 is 14.3 Å². The molecular weight excluding hydrogens is 428 g/mol. The molecule has 0 atom stereocenters. The fourth-order valence-electron chi connectivity index (χ4n) is 2.79. The summed E-state index contributed by atoms with van der Waals surface area (Å²) in [6.45, 7) is 4.05. The molecule has 2 aromatic carbocycles. The number of nitrogens with zero attached hydrogens (tertiary/aromatic N) is 1. The first-order chi connectivity index (χ1) is 12.9. The van der Waals surface area contributed by atoms with Crippen molar-refractivity contribution in [3.8, 4) is 11.5 Å². The van der Waals surface area contributed by atoms with Gasteiger partial charge in [-0.05, 0) is 88.6 Å². The Morgan fingerprint density at radius 1 is 1.07 bits per heavy atom. The van der Waals surface area contributed by atoms with Gasteiger partial charge in [0.15, 0.2) is 16.7 Å². The molecule has 0 aromatic heterocycles. The monoisotopic (exact) mass is 446 g/mol. The molecule has 1 N–H and O–H groups in total. The van der Waals surface area contributed by atoms with Crippen LogP contribution in [0.2, 0.25) is 0 Å². The molecule has 1 saturated heterocycles. The molecule has 2 aromatic rings. The van der Waals surface area contributed by atoms with Crippen LogP contribution >= 0.6 is 27.7 Å². The molecule has 1 amide bonds. The number of halogens is 1. The molecule has 0 aliphatic carbocycles. The summed E-state index contributed by atoms with van der Waals surface area (Å²) in [5.41, 5.74) is 3.92. The molecule has 0 saturated carbocycles. The first-order valence-corrected chi connectivity index (χ1v) is 9.80. The van der Waals surface area contributed by atoms with Crippen LogP contribution in [0.3, 0.4) is 0 Å². The van der Waals surface area contributed by atoms with Gasteiger partial charge in [0.25, 0.3) is 5.91 Å². The van der Waals surface area contributed by atoms with Crippen molar-refractivity contribution in [1.82, 2.24) is 5.32 Å². The summed E-state index contributed by atoms with van der Waals surface area (Å²) < 4.78 is 11.4. The van der Waals surface area contributed by atoms with Crippen LogP contribution in [0.1, 0.15) is 16.7 Å². The van der Waals surface area contributed by atoms with Gasteiger partial charge in [0.2, 0.25) is 0 Å². The summed E-state index contributed by atoms with van der Waals surface area (Å²) in [6, 6.07) is 9.76. The summed E-state index contributed by atoms with van der Waals surface area (Å²) in [5, 5.41) is 3.38. The van der Waals surface area contributed by atoms with Gasteiger partial charge >= 0.3 is 0 Å². The maximum absolute atomic E-state index is 12.3. The number of aliphatic imine (C=N–C) groups is 1. The standard InChI is InChI=1S/C20H19BrN2O3S/c1-11-5-12(2)7-14(6-11)22-20-23-19(24)17(27-20)10-13-8-15(21)18(26-4)16(9-13)25-3/h5-10H,1-4H3,(H,22,23,24)/b17-10+. The molecule has 140 valence electrons. The zero-order valence-corrected chi connectivity index (χ0v) is 17.8. The lowest BCUT2D eigenvalue weighted by Crippen LogP contribution is -2.19. The first-order valence-electron chi connectivity index (χ1n) is 8.19. The lowest BCUT2D eigenvalue weighted by atomic mass is 10.1. The van der Waals surface area contributed by atoms with E-state index in [1.807, 2.05) is 38.1 Å². The average Bonchev–Trinajstić information content (AvgIpc) is 2.92. The lowest BCUT2D eigenvalue weighted by molar-refractivity contribution is -0.115. The molecule has 0 unspecified atom stereocenters. The number of amides is 1. The van der Waals surface area contributed by atoms with Crippen molar-refractivity contribution in [2.75, 3.05) is 14.2 Å². The Morgan fingerprint density at radius 2 is 1.78 bits per heavy atom. The quantitative estimate of drug-likeness (QED) is 0.673. The number of ether oxygens (including phenoxy) is 2. The third-order valence-corrected chi connectivity index (χ3v) is 5.34. The molecule has 0 radical (unpaired) electrons. The van der Waals surface area contributed by atoms with Gasteiger partial charge in [-0.1, -0.05) is 6.07 Å². The van der Waals surface area contributed by atoms with Gasteiger partial charge < -0.3 is 14.8 Å². The number of hydrogen-bond donors (Lipinski definition) is 1. The number of carbonyl (C=O) groups is 1. The maximum Gasteiger partial charge on any atom is 0.264 e. The van der Waals surface area contributed by atoms with Crippen LogP contribution in [0.25, 0.3) is 6.08 Å². The number of rotatable bonds is 4. The largest absolute Gasteiger partial charge is 0.493 e. The zero-order valence-electron chi connectivity index (χ0n) is 15.4. The van der Waals surface area contributed by atoms with E-state index >= 15 is 0 Å². The molecule has 0 spiro atoms. The number of nitrogens with one attached hydrogen (secondary N) is 1. The van der Waals surface area contributed by atoms with Crippen LogP contribution in [-0.4, -0.2) is 25.3 Å². The topological polar surface area (TPSA) is 59.9 Å². The van der Waals surface area contributed by atoms with Crippen molar-refractivity contribution in [2.24, 2.45) is 4.99 Å². The third kappa shape index (κ3) is 4.54. The molecule has 1 aliphatic rings. The molecule has 5 nitrogen and oxygen atoms in total. The molecule has 3 rings (SSSR count). The van der Waals surface area contributed by atoms with Gasteiger partial charge in [0, 0.05) is 0 Å². The van der Waals surface area contributed by atoms with Gasteiger partial charge in [0.05, 0.1) is 29.3 Å². The van der Waals surface area contributed by atoms with Crippen molar-refractivity contribution >= 4 is 50.5 Å². The fraction of sp³-hybridized carbons (Fsp3) is 0.200. The van der Waals surface area contributed by atoms with Gasteiger partial charge in [-0.25, -0.2) is 4.99 Å². The van der Waals surface area contributed by atoms with Crippen LogP contribution in [0.4, 0.5) is 5.69 Å². The summed E-state index contributed by atoms with van der Waals surface area (Å²) >= 11 is 4.78. The van der Waals surface area contributed by atoms with Crippen LogP contribution in [-0.2, 0) is 4.79 Å². The van der Waals surface area contributed by atoms with E-state index in [4.69, 9.17) is 9.47 Å². The molecule has 0 bridgehead atoms. The summed E-state index contributed by atoms with van der Waals surface area (Å²) in [4.78, 5) is 17.4. The van der Waals surface area contributed by atoms with Crippen molar-refractivity contribution in [2.45, 2.75) is 13.8 Å². The minimum atomic E-state index is -0.172. The summed E-state index contributed by atoms with van der Waals surface area (Å²) in [5.74, 6) is 1.03. The second kappa shape index (κ2) is 8.19. The third-order valence-electron chi connectivity index (χ3n) is 3.84. The van der Waals surface area contributed by atoms with E-state index in [9.17, 15) is 4.79 Å². The Morgan fingerprint density at radius 3 is 2.41 bits per heavy atom. The van der Waals surface area contributed by atoms with E-state index < -0.39 is 0 Å². The maximum atomic E-state index is 12.3. The predicted molar refractivity (Wildman–Crippen MR) is 114 cm³/mol. The highest BCUT2D eigenvalue weighted by molar-refractivity contribution is 9.10. The highest BCUT2D eigenvalue weighted by atomic mass is 79.9. The lowest BCUT2D eigenvalue weighted by Gasteiger charge is -2.10. The minimum absolute atomic E-state index is 0.172. The normalized spacial score (nSPS) is 16.7. The Labute approximate surface area is 171 Å². The number of benzene rings is 2. The van der Waals surface area contributed by atoms with E-state index in [0.29, 0.717) is 21.6 Å². The van der Waals surface area contributed by atoms with E-state index in [-0.39, 0.29) is 5.91 Å². The van der Waals surface area contributed by atoms with Crippen LogP contribution in [0, 0.1) is 13.8 Å². The number of thioether (sulfide) groups is 1. The van der Waals surface area contributed by atoms with Crippen molar-refractivity contribution in [1.29, 1.82) is 0 Å². The van der Waals surface area contributed by atoms with Gasteiger partial charge in [-0.2, -0.15) is 0 Å². The average molecular weight is 447 g/mol. The minimum Gasteiger partial charge on any atom is -0.493 e. The Bertz CT molecular complexity index is 950. The predicted octanol–water partition coefficient (Wildman–Crippen LogP) is 4.97. The number of aryl methyl sites for hydroxylation is 2. The van der Waals surface area contributed by atoms with Crippen molar-refractivity contribution in [3.63, 3.8) is 0 Å². The first kappa shape index (κ1) is 19.5. The molecular formula is C20H19BrN2O3S. The summed E-state index contributed by atoms with van der Waals surface area (Å²) in [6.07, 6.45) is 1.80. The van der Waals surface area contributed by atoms with Gasteiger partial charge in [-0.15, -0.1) is 0 Å². The van der Waals surface area contributed by atoms with Gasteiger partial charge in [-0.3, -0.25) is 4.79 Å². The second-order valence-corrected chi connectivity index (χ2v) is 7.95. The Hall–Kier alpha value is -2.25. The SMILES string of the molecule is COc1cc(/C=C2/SC(=Nc3cc(C)cc(C)c3)NC2=O)cc(Br)c1OC. The molecule has 27 heavy (non-hydrogen) atoms. The van der Waals surface area contributed by atoms with Crippen molar-refractivity contribution in [3.05, 3.63) is 56.4 Å². The fourth-order valence-corrected chi connectivity index (χ4v) is 4.25. The van der Waals surface area contributed by atoms with E-state index in [0.717, 1.165) is 26.9 Å². The van der Waals surface area contributed by atoms with Crippen LogP contribution < -0.4 is 14.8 Å². The van der Waals surface area contributed by atoms with Gasteiger partial charge in [0.1, 0.15) is 0 Å². The molecule has 1 fully saturated rings. The van der Waals surface area contributed by atoms with E-state index in [2.05, 4.69) is 32.3 Å². The number of hydrogen-bond acceptors (Lipinski definition) is 5. The Kier molecular flexibility index (Phi) is 5.92. The van der Waals surface area contributed by atoms with Crippen LogP contribution in [0.5, 0.6) is 11.5 Å². The zero-order chi connectivity index (χ0) is 19.6. The summed E-state index contributed by atoms with van der Waals surface area (Å²) in [7, 11) is 3.16. The van der Waals surface area contributed by atoms with E-state index in [1.165, 1.54) is 11.8 Å². The number of amidine groups is 1. The molecule has 1 aliphatic heterocycles. The van der Waals surface area contributed by atoms with E-state index in [1.54, 1.807) is 20.3 Å². The molecule has 1 heterocycles. The van der Waals surface area contributed by atoms with Crippen LogP contribution in [0.15, 0.2) is 44.7 Å². The molecule has 7 heteroatoms. The highest BCUT2D eigenvalue weighted by Gasteiger charge is 2.24. The number of methoxy groups -OCH3 is 2.